The van der Waals surface area contributed by atoms with Crippen LogP contribution in [0.3, 0.4) is 0 Å². The molecule has 1 aliphatic heterocycles. The Morgan fingerprint density at radius 3 is 3.08 bits per heavy atom. The third-order valence-electron chi connectivity index (χ3n) is 4.70. The molecule has 3 rings (SSSR count). The summed E-state index contributed by atoms with van der Waals surface area (Å²) in [6.07, 6.45) is 9.98. The van der Waals surface area contributed by atoms with Gasteiger partial charge in [-0.05, 0) is 26.2 Å². The van der Waals surface area contributed by atoms with Crippen molar-refractivity contribution in [3.8, 4) is 0 Å². The monoisotopic (exact) mass is 380 g/mol. The molecule has 0 amide bonds. The minimum Gasteiger partial charge on any atom is -0.366 e. The number of ether oxygens (including phenoxy) is 1. The minimum absolute atomic E-state index is 0.0477. The summed E-state index contributed by atoms with van der Waals surface area (Å²) >= 11 is 0.876. The highest BCUT2D eigenvalue weighted by atomic mass is 32.2. The first kappa shape index (κ1) is 19.3. The topological polar surface area (TPSA) is 100 Å². The number of nitrogens with two attached hydrogens (primary N) is 1. The first-order valence-electron chi connectivity index (χ1n) is 9.30. The van der Waals surface area contributed by atoms with Crippen molar-refractivity contribution in [3.63, 3.8) is 0 Å². The van der Waals surface area contributed by atoms with Crippen molar-refractivity contribution in [3.05, 3.63) is 12.7 Å². The summed E-state index contributed by atoms with van der Waals surface area (Å²) in [5.41, 5.74) is 1.58. The molecule has 0 spiro atoms. The van der Waals surface area contributed by atoms with Crippen molar-refractivity contribution in [1.29, 1.82) is 0 Å². The molecule has 3 unspecified atom stereocenters. The van der Waals surface area contributed by atoms with Crippen molar-refractivity contribution < 1.29 is 8.92 Å². The van der Waals surface area contributed by atoms with Crippen LogP contribution in [0.5, 0.6) is 0 Å². The normalized spacial score (nSPS) is 21.3. The lowest BCUT2D eigenvalue weighted by Gasteiger charge is -2.16. The van der Waals surface area contributed by atoms with Gasteiger partial charge in [0.1, 0.15) is 12.6 Å². The lowest BCUT2D eigenvalue weighted by Crippen LogP contribution is -2.17. The number of nitrogens with zero attached hydrogens (tertiary/aromatic N) is 4. The molecular weight excluding hydrogens is 352 g/mol. The molecule has 3 N–H and O–H groups in total. The molecule has 1 aliphatic rings. The highest BCUT2D eigenvalue weighted by Gasteiger charge is 2.28. The van der Waals surface area contributed by atoms with Gasteiger partial charge in [-0.15, -0.1) is 0 Å². The molecule has 9 heteroatoms. The number of anilines is 1. The van der Waals surface area contributed by atoms with E-state index in [1.807, 2.05) is 4.57 Å². The second-order valence-electron chi connectivity index (χ2n) is 6.76. The Morgan fingerprint density at radius 1 is 1.38 bits per heavy atom. The third kappa shape index (κ3) is 4.64. The molecule has 0 aromatic carbocycles. The van der Waals surface area contributed by atoms with E-state index in [0.717, 1.165) is 48.5 Å². The molecule has 2 aromatic heterocycles. The zero-order chi connectivity index (χ0) is 18.4. The van der Waals surface area contributed by atoms with Gasteiger partial charge in [-0.1, -0.05) is 26.2 Å². The lowest BCUT2D eigenvalue weighted by atomic mass is 10.1. The Morgan fingerprint density at radius 2 is 2.27 bits per heavy atom. The van der Waals surface area contributed by atoms with Crippen molar-refractivity contribution in [2.45, 2.75) is 70.7 Å². The fourth-order valence-corrected chi connectivity index (χ4v) is 3.53. The number of aromatic nitrogens is 4. The predicted molar refractivity (Wildman–Crippen MR) is 103 cm³/mol. The second kappa shape index (κ2) is 9.50. The zero-order valence-electron chi connectivity index (χ0n) is 15.4. The fourth-order valence-electron chi connectivity index (χ4n) is 3.30. The van der Waals surface area contributed by atoms with Crippen LogP contribution in [0.2, 0.25) is 0 Å². The highest BCUT2D eigenvalue weighted by Crippen LogP contribution is 2.31. The Labute approximate surface area is 158 Å². The number of nitrogens with one attached hydrogen (secondary N) is 1. The third-order valence-corrected chi connectivity index (χ3v) is 4.97. The van der Waals surface area contributed by atoms with Crippen LogP contribution in [0.25, 0.3) is 11.2 Å². The maximum absolute atomic E-state index is 6.05. The van der Waals surface area contributed by atoms with Gasteiger partial charge in [-0.25, -0.2) is 15.0 Å². The number of hydrogen-bond acceptors (Lipinski definition) is 8. The Bertz CT molecular complexity index is 697. The van der Waals surface area contributed by atoms with Gasteiger partial charge < -0.3 is 10.1 Å². The van der Waals surface area contributed by atoms with Crippen LogP contribution in [0.4, 0.5) is 5.82 Å². The van der Waals surface area contributed by atoms with E-state index in [2.05, 4.69) is 34.1 Å². The fraction of sp³-hybridized carbons (Fsp3) is 0.706. The van der Waals surface area contributed by atoms with E-state index in [4.69, 9.17) is 14.1 Å². The van der Waals surface area contributed by atoms with Gasteiger partial charge in [0.25, 0.3) is 0 Å². The molecule has 3 atom stereocenters. The van der Waals surface area contributed by atoms with E-state index in [-0.39, 0.29) is 12.3 Å². The predicted octanol–water partition coefficient (Wildman–Crippen LogP) is 3.42. The number of imidazole rings is 1. The standard InChI is InChI=1S/C17H28N6O2S/c1-3-4-5-6-12(2)22-16-15-17(20-10-19-16)23(11-21-15)14-8-7-13(25-14)9-24-26-18/h10-14H,3-9,18H2,1-2H3,(H,19,20,22). The van der Waals surface area contributed by atoms with Crippen LogP contribution in [0.15, 0.2) is 12.7 Å². The van der Waals surface area contributed by atoms with Crippen LogP contribution in [-0.2, 0) is 8.92 Å². The maximum Gasteiger partial charge on any atom is 0.167 e. The average molecular weight is 381 g/mol. The quantitative estimate of drug-likeness (QED) is 0.367. The van der Waals surface area contributed by atoms with Gasteiger partial charge in [0, 0.05) is 6.04 Å². The van der Waals surface area contributed by atoms with E-state index in [0.29, 0.717) is 12.6 Å². The van der Waals surface area contributed by atoms with E-state index in [9.17, 15) is 0 Å². The number of rotatable bonds is 10. The number of hydrogen-bond donors (Lipinski definition) is 2. The summed E-state index contributed by atoms with van der Waals surface area (Å²) in [5, 5.41) is 8.78. The molecule has 2 aromatic rings. The summed E-state index contributed by atoms with van der Waals surface area (Å²) in [5.74, 6) is 0.787. The van der Waals surface area contributed by atoms with Crippen molar-refractivity contribution >= 4 is 29.2 Å². The summed E-state index contributed by atoms with van der Waals surface area (Å²) < 4.78 is 13.2. The van der Waals surface area contributed by atoms with E-state index in [1.54, 1.807) is 12.7 Å². The molecular formula is C17H28N6O2S. The van der Waals surface area contributed by atoms with Crippen LogP contribution in [-0.4, -0.2) is 38.3 Å². The second-order valence-corrected chi connectivity index (χ2v) is 7.19. The summed E-state index contributed by atoms with van der Waals surface area (Å²) in [7, 11) is 0. The van der Waals surface area contributed by atoms with Crippen molar-refractivity contribution in [1.82, 2.24) is 19.5 Å². The molecule has 144 valence electrons. The molecule has 0 bridgehead atoms. The molecule has 3 heterocycles. The minimum atomic E-state index is -0.0823. The van der Waals surface area contributed by atoms with Gasteiger partial charge >= 0.3 is 0 Å². The van der Waals surface area contributed by atoms with Gasteiger partial charge in [0.05, 0.1) is 31.3 Å². The van der Waals surface area contributed by atoms with Gasteiger partial charge in [0.2, 0.25) is 0 Å². The Kier molecular flexibility index (Phi) is 7.07. The van der Waals surface area contributed by atoms with Crippen LogP contribution < -0.4 is 10.5 Å². The van der Waals surface area contributed by atoms with Gasteiger partial charge in [-0.3, -0.25) is 13.9 Å². The van der Waals surface area contributed by atoms with Crippen molar-refractivity contribution in [2.75, 3.05) is 11.9 Å². The first-order chi connectivity index (χ1) is 12.7. The zero-order valence-corrected chi connectivity index (χ0v) is 16.2. The molecule has 8 nitrogen and oxygen atoms in total. The lowest BCUT2D eigenvalue weighted by molar-refractivity contribution is -0.0128. The number of fused-ring (bicyclic) bond motifs is 1. The Hall–Kier alpha value is -1.42. The van der Waals surface area contributed by atoms with Gasteiger partial charge in [-0.2, -0.15) is 0 Å². The van der Waals surface area contributed by atoms with E-state index < -0.39 is 0 Å². The first-order valence-corrected chi connectivity index (χ1v) is 10.1. The smallest absolute Gasteiger partial charge is 0.167 e. The van der Waals surface area contributed by atoms with Crippen molar-refractivity contribution in [2.24, 2.45) is 5.14 Å². The molecule has 0 aliphatic carbocycles. The molecule has 0 radical (unpaired) electrons. The molecule has 1 fully saturated rings. The summed E-state index contributed by atoms with van der Waals surface area (Å²) in [4.78, 5) is 13.4. The maximum atomic E-state index is 6.05. The van der Waals surface area contributed by atoms with Gasteiger partial charge in [0.15, 0.2) is 17.0 Å². The SMILES string of the molecule is CCCCCC(C)Nc1ncnc2c1ncn2C1CCC(COSN)O1. The molecule has 0 saturated carbocycles. The Balaban J connectivity index is 1.69. The molecule has 1 saturated heterocycles. The van der Waals surface area contributed by atoms with E-state index in [1.165, 1.54) is 19.3 Å². The highest BCUT2D eigenvalue weighted by molar-refractivity contribution is 7.92. The number of unbranched alkanes of at least 4 members (excludes halogenated alkanes) is 2. The summed E-state index contributed by atoms with van der Waals surface area (Å²) in [6.45, 7) is 4.89. The largest absolute Gasteiger partial charge is 0.366 e. The molecule has 26 heavy (non-hydrogen) atoms. The van der Waals surface area contributed by atoms with Crippen LogP contribution >= 0.6 is 12.2 Å². The van der Waals surface area contributed by atoms with E-state index >= 15 is 0 Å². The average Bonchev–Trinajstić information content (AvgIpc) is 3.27. The summed E-state index contributed by atoms with van der Waals surface area (Å²) in [6, 6.07) is 0.350. The van der Waals surface area contributed by atoms with Crippen LogP contribution in [0, 0.1) is 0 Å². The van der Waals surface area contributed by atoms with Crippen LogP contribution in [0.1, 0.15) is 58.6 Å².